The number of hydrogen-bond donors (Lipinski definition) is 2. The van der Waals surface area contributed by atoms with Crippen molar-refractivity contribution in [3.8, 4) is 11.6 Å². The van der Waals surface area contributed by atoms with Gasteiger partial charge in [-0.15, -0.1) is 0 Å². The van der Waals surface area contributed by atoms with Crippen molar-refractivity contribution in [3.63, 3.8) is 0 Å². The first-order chi connectivity index (χ1) is 9.45. The van der Waals surface area contributed by atoms with Crippen LogP contribution in [0.15, 0.2) is 24.4 Å². The molecule has 104 valence electrons. The van der Waals surface area contributed by atoms with Crippen molar-refractivity contribution < 1.29 is 18.3 Å². The molecule has 0 aliphatic carbocycles. The van der Waals surface area contributed by atoms with Crippen LogP contribution in [0.3, 0.4) is 0 Å². The van der Waals surface area contributed by atoms with Crippen LogP contribution >= 0.6 is 0 Å². The number of nitrogens with one attached hydrogen (secondary N) is 1. The summed E-state index contributed by atoms with van der Waals surface area (Å²) in [5, 5.41) is 2.34. The zero-order valence-corrected chi connectivity index (χ0v) is 10.4. The molecular weight excluding hydrogens is 270 g/mol. The highest BCUT2D eigenvalue weighted by molar-refractivity contribution is 5.86. The molecule has 0 aliphatic heterocycles. The monoisotopic (exact) mass is 280 g/mol. The van der Waals surface area contributed by atoms with E-state index in [-0.39, 0.29) is 29.2 Å². The summed E-state index contributed by atoms with van der Waals surface area (Å²) in [5.41, 5.74) is 4.90. The highest BCUT2D eigenvalue weighted by atomic mass is 19.1. The molecule has 20 heavy (non-hydrogen) atoms. The quantitative estimate of drug-likeness (QED) is 0.840. The van der Waals surface area contributed by atoms with Gasteiger partial charge in [0.2, 0.25) is 17.7 Å². The smallest absolute Gasteiger partial charge is 0.232 e. The summed E-state index contributed by atoms with van der Waals surface area (Å²) in [4.78, 5) is 18.4. The van der Waals surface area contributed by atoms with Crippen molar-refractivity contribution in [1.82, 2.24) is 9.97 Å². The van der Waals surface area contributed by atoms with Gasteiger partial charge in [0.25, 0.3) is 0 Å². The first-order valence-electron chi connectivity index (χ1n) is 5.48. The van der Waals surface area contributed by atoms with E-state index in [2.05, 4.69) is 15.3 Å². The minimum atomic E-state index is -0.830. The maximum absolute atomic E-state index is 13.5. The fourth-order valence-corrected chi connectivity index (χ4v) is 1.35. The molecule has 0 bridgehead atoms. The first-order valence-corrected chi connectivity index (χ1v) is 5.48. The van der Waals surface area contributed by atoms with Crippen LogP contribution in [0.5, 0.6) is 11.6 Å². The number of amides is 1. The van der Waals surface area contributed by atoms with Crippen LogP contribution in [-0.4, -0.2) is 15.9 Å². The van der Waals surface area contributed by atoms with Gasteiger partial charge in [0.05, 0.1) is 5.69 Å². The number of benzene rings is 1. The molecule has 0 saturated carbocycles. The Balaban J connectivity index is 2.26. The summed E-state index contributed by atoms with van der Waals surface area (Å²) in [7, 11) is 0. The Kier molecular flexibility index (Phi) is 3.74. The van der Waals surface area contributed by atoms with Crippen LogP contribution in [-0.2, 0) is 4.79 Å². The topological polar surface area (TPSA) is 90.1 Å². The SMILES string of the molecule is CC(=O)Nc1nccc(Oc2cc(F)c(N)cc2F)n1. The Hall–Kier alpha value is -2.77. The number of carbonyl (C=O) groups is 1. The van der Waals surface area contributed by atoms with Gasteiger partial charge in [-0.3, -0.25) is 10.1 Å². The maximum atomic E-state index is 13.5. The Morgan fingerprint density at radius 2 is 2.10 bits per heavy atom. The van der Waals surface area contributed by atoms with E-state index in [1.165, 1.54) is 19.2 Å². The summed E-state index contributed by atoms with van der Waals surface area (Å²) in [6.07, 6.45) is 1.30. The highest BCUT2D eigenvalue weighted by Crippen LogP contribution is 2.27. The number of anilines is 2. The summed E-state index contributed by atoms with van der Waals surface area (Å²) in [6, 6.07) is 2.95. The van der Waals surface area contributed by atoms with E-state index in [1.54, 1.807) is 0 Å². The molecule has 1 aromatic carbocycles. The fourth-order valence-electron chi connectivity index (χ4n) is 1.35. The zero-order valence-electron chi connectivity index (χ0n) is 10.4. The average molecular weight is 280 g/mol. The highest BCUT2D eigenvalue weighted by Gasteiger charge is 2.11. The Bertz CT molecular complexity index is 664. The van der Waals surface area contributed by atoms with E-state index in [0.717, 1.165) is 12.1 Å². The second-order valence-corrected chi connectivity index (χ2v) is 3.81. The van der Waals surface area contributed by atoms with E-state index >= 15 is 0 Å². The van der Waals surface area contributed by atoms with Gasteiger partial charge in [-0.25, -0.2) is 13.8 Å². The van der Waals surface area contributed by atoms with Crippen molar-refractivity contribution in [2.75, 3.05) is 11.1 Å². The van der Waals surface area contributed by atoms with Crippen molar-refractivity contribution in [3.05, 3.63) is 36.0 Å². The van der Waals surface area contributed by atoms with Crippen molar-refractivity contribution in [2.45, 2.75) is 6.92 Å². The molecule has 0 spiro atoms. The van der Waals surface area contributed by atoms with E-state index in [9.17, 15) is 13.6 Å². The molecule has 8 heteroatoms. The molecule has 0 unspecified atom stereocenters. The summed E-state index contributed by atoms with van der Waals surface area (Å²) in [5.74, 6) is -2.43. The lowest BCUT2D eigenvalue weighted by atomic mass is 10.3. The molecule has 2 rings (SSSR count). The molecule has 0 radical (unpaired) electrons. The number of aromatic nitrogens is 2. The second-order valence-electron chi connectivity index (χ2n) is 3.81. The van der Waals surface area contributed by atoms with Crippen LogP contribution in [0.4, 0.5) is 20.4 Å². The number of halogens is 2. The van der Waals surface area contributed by atoms with Crippen LogP contribution in [0.1, 0.15) is 6.92 Å². The van der Waals surface area contributed by atoms with E-state index in [0.29, 0.717) is 0 Å². The van der Waals surface area contributed by atoms with Gasteiger partial charge >= 0.3 is 0 Å². The first kappa shape index (κ1) is 13.7. The van der Waals surface area contributed by atoms with Gasteiger partial charge in [0.1, 0.15) is 5.82 Å². The van der Waals surface area contributed by atoms with Crippen LogP contribution in [0.2, 0.25) is 0 Å². The van der Waals surface area contributed by atoms with Gasteiger partial charge in [0, 0.05) is 31.3 Å². The summed E-state index contributed by atoms with van der Waals surface area (Å²) in [6.45, 7) is 1.28. The molecule has 1 heterocycles. The standard InChI is InChI=1S/C12H10F2N4O2/c1-6(19)17-12-16-3-2-11(18-12)20-10-5-7(13)9(15)4-8(10)14/h2-5H,15H2,1H3,(H,16,17,18,19). The number of carbonyl (C=O) groups excluding carboxylic acids is 1. The third kappa shape index (κ3) is 3.16. The third-order valence-electron chi connectivity index (χ3n) is 2.18. The zero-order chi connectivity index (χ0) is 14.7. The average Bonchev–Trinajstić information content (AvgIpc) is 2.35. The van der Waals surface area contributed by atoms with Crippen molar-refractivity contribution in [1.29, 1.82) is 0 Å². The van der Waals surface area contributed by atoms with Crippen LogP contribution in [0.25, 0.3) is 0 Å². The molecule has 1 amide bonds. The third-order valence-corrected chi connectivity index (χ3v) is 2.18. The molecule has 0 fully saturated rings. The van der Waals surface area contributed by atoms with Gasteiger partial charge in [-0.05, 0) is 0 Å². The lowest BCUT2D eigenvalue weighted by Crippen LogP contribution is -2.09. The molecule has 2 aromatic rings. The van der Waals surface area contributed by atoms with Crippen LogP contribution in [0, 0.1) is 11.6 Å². The van der Waals surface area contributed by atoms with Crippen molar-refractivity contribution >= 4 is 17.5 Å². The Labute approximate surface area is 112 Å². The van der Waals surface area contributed by atoms with Gasteiger partial charge in [-0.1, -0.05) is 0 Å². The van der Waals surface area contributed by atoms with E-state index in [4.69, 9.17) is 10.5 Å². The van der Waals surface area contributed by atoms with Gasteiger partial charge in [0.15, 0.2) is 11.6 Å². The molecule has 0 aliphatic rings. The minimum Gasteiger partial charge on any atom is -0.436 e. The number of hydrogen-bond acceptors (Lipinski definition) is 5. The fraction of sp³-hybridized carbons (Fsp3) is 0.0833. The molecule has 0 atom stereocenters. The largest absolute Gasteiger partial charge is 0.436 e. The normalized spacial score (nSPS) is 10.2. The van der Waals surface area contributed by atoms with Crippen LogP contribution < -0.4 is 15.8 Å². The molecule has 1 aromatic heterocycles. The van der Waals surface area contributed by atoms with Gasteiger partial charge < -0.3 is 10.5 Å². The number of nitrogens with zero attached hydrogens (tertiary/aromatic N) is 2. The number of rotatable bonds is 3. The van der Waals surface area contributed by atoms with Crippen molar-refractivity contribution in [2.24, 2.45) is 0 Å². The maximum Gasteiger partial charge on any atom is 0.232 e. The Morgan fingerprint density at radius 3 is 2.80 bits per heavy atom. The molecule has 0 saturated heterocycles. The summed E-state index contributed by atoms with van der Waals surface area (Å²) < 4.78 is 31.9. The molecular formula is C12H10F2N4O2. The van der Waals surface area contributed by atoms with Gasteiger partial charge in [-0.2, -0.15) is 4.98 Å². The number of nitrogen functional groups attached to an aromatic ring is 1. The predicted molar refractivity (Wildman–Crippen MR) is 67.2 cm³/mol. The summed E-state index contributed by atoms with van der Waals surface area (Å²) >= 11 is 0. The molecule has 3 N–H and O–H groups in total. The van der Waals surface area contributed by atoms with E-state index < -0.39 is 11.6 Å². The minimum absolute atomic E-state index is 0.00803. The van der Waals surface area contributed by atoms with E-state index in [1.807, 2.05) is 0 Å². The second kappa shape index (κ2) is 5.47. The number of ether oxygens (including phenoxy) is 1. The lowest BCUT2D eigenvalue weighted by molar-refractivity contribution is -0.114. The predicted octanol–water partition coefficient (Wildman–Crippen LogP) is 2.09. The molecule has 6 nitrogen and oxygen atoms in total. The lowest BCUT2D eigenvalue weighted by Gasteiger charge is -2.08. The Morgan fingerprint density at radius 1 is 1.35 bits per heavy atom. The number of nitrogens with two attached hydrogens (primary N) is 1.